The number of likely N-dealkylation sites (N-methyl/N-ethyl adjacent to an activating group) is 1. The Morgan fingerprint density at radius 1 is 1.61 bits per heavy atom. The first-order valence-corrected chi connectivity index (χ1v) is 6.40. The van der Waals surface area contributed by atoms with Gasteiger partial charge in [0.2, 0.25) is 0 Å². The fourth-order valence-electron chi connectivity index (χ4n) is 2.22. The lowest BCUT2D eigenvalue weighted by molar-refractivity contribution is 0.0779. The number of hydrogen-bond acceptors (Lipinski definition) is 2. The number of amides is 1. The lowest BCUT2D eigenvalue weighted by Gasteiger charge is -2.22. The number of nitrogens with zero attached hydrogens (tertiary/aromatic N) is 1. The molecule has 1 amide bonds. The number of halogens is 2. The Kier molecular flexibility index (Phi) is 4.19. The highest BCUT2D eigenvalue weighted by Crippen LogP contribution is 2.20. The second-order valence-corrected chi connectivity index (χ2v) is 4.98. The van der Waals surface area contributed by atoms with Crippen molar-refractivity contribution in [3.05, 3.63) is 34.6 Å². The van der Waals surface area contributed by atoms with Crippen LogP contribution in [0, 0.1) is 5.82 Å². The molecule has 0 saturated carbocycles. The molecule has 1 aromatic carbocycles. The molecule has 0 bridgehead atoms. The first-order chi connectivity index (χ1) is 8.59. The van der Waals surface area contributed by atoms with E-state index >= 15 is 0 Å². The summed E-state index contributed by atoms with van der Waals surface area (Å²) in [4.78, 5) is 13.7. The number of benzene rings is 1. The molecule has 1 aliphatic rings. The van der Waals surface area contributed by atoms with Gasteiger partial charge < -0.3 is 10.2 Å². The zero-order valence-electron chi connectivity index (χ0n) is 10.2. The van der Waals surface area contributed by atoms with Crippen LogP contribution in [0.5, 0.6) is 0 Å². The van der Waals surface area contributed by atoms with Crippen LogP contribution in [0.4, 0.5) is 4.39 Å². The molecule has 0 aromatic heterocycles. The fraction of sp³-hybridized carbons (Fsp3) is 0.462. The van der Waals surface area contributed by atoms with Gasteiger partial charge in [-0.05, 0) is 31.5 Å². The van der Waals surface area contributed by atoms with Crippen molar-refractivity contribution in [1.29, 1.82) is 0 Å². The lowest BCUT2D eigenvalue weighted by atomic mass is 10.1. The van der Waals surface area contributed by atoms with Gasteiger partial charge in [0, 0.05) is 19.6 Å². The first kappa shape index (κ1) is 13.3. The molecular weight excluding hydrogens is 255 g/mol. The van der Waals surface area contributed by atoms with Crippen molar-refractivity contribution in [1.82, 2.24) is 10.2 Å². The molecule has 98 valence electrons. The third-order valence-corrected chi connectivity index (χ3v) is 3.49. The number of hydrogen-bond donors (Lipinski definition) is 1. The summed E-state index contributed by atoms with van der Waals surface area (Å²) in [6.07, 6.45) is 2.16. The first-order valence-electron chi connectivity index (χ1n) is 6.02. The van der Waals surface area contributed by atoms with Crippen molar-refractivity contribution < 1.29 is 9.18 Å². The number of carbonyl (C=O) groups excluding carboxylic acids is 1. The van der Waals surface area contributed by atoms with Gasteiger partial charge in [0.15, 0.2) is 0 Å². The molecule has 18 heavy (non-hydrogen) atoms. The van der Waals surface area contributed by atoms with Gasteiger partial charge in [0.1, 0.15) is 5.82 Å². The second kappa shape index (κ2) is 5.67. The molecule has 1 atom stereocenters. The fourth-order valence-corrected chi connectivity index (χ4v) is 2.46. The summed E-state index contributed by atoms with van der Waals surface area (Å²) in [5.74, 6) is -0.939. The minimum atomic E-state index is -0.571. The average Bonchev–Trinajstić information content (AvgIpc) is 2.81. The molecule has 2 rings (SSSR count). The monoisotopic (exact) mass is 270 g/mol. The van der Waals surface area contributed by atoms with Gasteiger partial charge in [-0.25, -0.2) is 4.39 Å². The van der Waals surface area contributed by atoms with Crippen LogP contribution in [0.15, 0.2) is 18.2 Å². The summed E-state index contributed by atoms with van der Waals surface area (Å²) >= 11 is 5.88. The Morgan fingerprint density at radius 3 is 3.00 bits per heavy atom. The largest absolute Gasteiger partial charge is 0.340 e. The Hall–Kier alpha value is -1.13. The number of nitrogens with one attached hydrogen (secondary N) is 1. The standard InChI is InChI=1S/C13H16ClFN2O/c1-17(8-9-4-3-7-16-9)13(18)12-10(14)5-2-6-11(12)15/h2,5-6,9,16H,3-4,7-8H2,1H3. The quantitative estimate of drug-likeness (QED) is 0.914. The van der Waals surface area contributed by atoms with E-state index in [9.17, 15) is 9.18 Å². The lowest BCUT2D eigenvalue weighted by Crippen LogP contribution is -2.39. The molecule has 0 aliphatic carbocycles. The van der Waals surface area contributed by atoms with Crippen molar-refractivity contribution in [2.45, 2.75) is 18.9 Å². The minimum Gasteiger partial charge on any atom is -0.340 e. The molecule has 1 aliphatic heterocycles. The smallest absolute Gasteiger partial charge is 0.258 e. The molecule has 0 spiro atoms. The third kappa shape index (κ3) is 2.82. The Bertz CT molecular complexity index is 426. The molecule has 1 heterocycles. The van der Waals surface area contributed by atoms with E-state index in [0.717, 1.165) is 19.4 Å². The summed E-state index contributed by atoms with van der Waals surface area (Å²) in [6.45, 7) is 1.55. The van der Waals surface area contributed by atoms with Gasteiger partial charge in [-0.3, -0.25) is 4.79 Å². The molecule has 1 saturated heterocycles. The van der Waals surface area contributed by atoms with E-state index in [1.165, 1.54) is 23.1 Å². The molecule has 0 radical (unpaired) electrons. The van der Waals surface area contributed by atoms with Crippen LogP contribution >= 0.6 is 11.6 Å². The molecule has 1 N–H and O–H groups in total. The molecule has 1 unspecified atom stereocenters. The molecule has 1 fully saturated rings. The predicted octanol–water partition coefficient (Wildman–Crippen LogP) is 2.30. The molecular formula is C13H16ClFN2O. The van der Waals surface area contributed by atoms with Crippen molar-refractivity contribution >= 4 is 17.5 Å². The maximum Gasteiger partial charge on any atom is 0.258 e. The summed E-state index contributed by atoms with van der Waals surface area (Å²) < 4.78 is 13.6. The average molecular weight is 271 g/mol. The maximum absolute atomic E-state index is 13.6. The molecule has 5 heteroatoms. The van der Waals surface area contributed by atoms with Crippen LogP contribution in [-0.2, 0) is 0 Å². The van der Waals surface area contributed by atoms with E-state index in [2.05, 4.69) is 5.32 Å². The summed E-state index contributed by atoms with van der Waals surface area (Å²) in [5.41, 5.74) is -0.0420. The van der Waals surface area contributed by atoms with Crippen molar-refractivity contribution in [3.8, 4) is 0 Å². The van der Waals surface area contributed by atoms with Crippen LogP contribution in [0.2, 0.25) is 5.02 Å². The van der Waals surface area contributed by atoms with Crippen LogP contribution in [0.25, 0.3) is 0 Å². The maximum atomic E-state index is 13.6. The Labute approximate surface area is 111 Å². The summed E-state index contributed by atoms with van der Waals surface area (Å²) in [7, 11) is 1.67. The number of carbonyl (C=O) groups is 1. The van der Waals surface area contributed by atoms with Crippen molar-refractivity contribution in [2.24, 2.45) is 0 Å². The van der Waals surface area contributed by atoms with Crippen LogP contribution in [0.1, 0.15) is 23.2 Å². The minimum absolute atomic E-state index is 0.0420. The Balaban J connectivity index is 2.10. The molecule has 3 nitrogen and oxygen atoms in total. The predicted molar refractivity (Wildman–Crippen MR) is 69.4 cm³/mol. The van der Waals surface area contributed by atoms with E-state index in [-0.39, 0.29) is 16.5 Å². The van der Waals surface area contributed by atoms with Gasteiger partial charge in [-0.1, -0.05) is 17.7 Å². The van der Waals surface area contributed by atoms with Gasteiger partial charge >= 0.3 is 0 Å². The summed E-state index contributed by atoms with van der Waals surface area (Å²) in [6, 6.07) is 4.57. The Morgan fingerprint density at radius 2 is 2.39 bits per heavy atom. The topological polar surface area (TPSA) is 32.3 Å². The zero-order valence-corrected chi connectivity index (χ0v) is 11.0. The van der Waals surface area contributed by atoms with E-state index in [1.54, 1.807) is 7.05 Å². The number of rotatable bonds is 3. The third-order valence-electron chi connectivity index (χ3n) is 3.18. The zero-order chi connectivity index (χ0) is 13.1. The normalized spacial score (nSPS) is 18.9. The highest BCUT2D eigenvalue weighted by molar-refractivity contribution is 6.33. The van der Waals surface area contributed by atoms with Crippen molar-refractivity contribution in [3.63, 3.8) is 0 Å². The van der Waals surface area contributed by atoms with Crippen molar-refractivity contribution in [2.75, 3.05) is 20.1 Å². The summed E-state index contributed by atoms with van der Waals surface area (Å²) in [5, 5.41) is 3.46. The highest BCUT2D eigenvalue weighted by atomic mass is 35.5. The van der Waals surface area contributed by atoms with E-state index < -0.39 is 5.82 Å². The van der Waals surface area contributed by atoms with Gasteiger partial charge in [0.25, 0.3) is 5.91 Å². The van der Waals surface area contributed by atoms with Gasteiger partial charge in [0.05, 0.1) is 10.6 Å². The SMILES string of the molecule is CN(CC1CCCN1)C(=O)c1c(F)cccc1Cl. The second-order valence-electron chi connectivity index (χ2n) is 4.58. The van der Waals surface area contributed by atoms with Crippen LogP contribution < -0.4 is 5.32 Å². The van der Waals surface area contributed by atoms with Gasteiger partial charge in [-0.2, -0.15) is 0 Å². The van der Waals surface area contributed by atoms with Gasteiger partial charge in [-0.15, -0.1) is 0 Å². The van der Waals surface area contributed by atoms with E-state index in [4.69, 9.17) is 11.6 Å². The highest BCUT2D eigenvalue weighted by Gasteiger charge is 2.23. The molecule has 1 aromatic rings. The van der Waals surface area contributed by atoms with E-state index in [1.807, 2.05) is 0 Å². The van der Waals surface area contributed by atoms with E-state index in [0.29, 0.717) is 12.6 Å². The van der Waals surface area contributed by atoms with Crippen LogP contribution in [0.3, 0.4) is 0 Å². The van der Waals surface area contributed by atoms with Crippen LogP contribution in [-0.4, -0.2) is 37.0 Å².